The van der Waals surface area contributed by atoms with Gasteiger partial charge in [-0.1, -0.05) is 20.3 Å². The largest absolute Gasteiger partial charge is 0.458 e. The summed E-state index contributed by atoms with van der Waals surface area (Å²) < 4.78 is 11.8. The van der Waals surface area contributed by atoms with Gasteiger partial charge in [0.2, 0.25) is 0 Å². The first-order valence-corrected chi connectivity index (χ1v) is 11.9. The normalized spacial score (nSPS) is 14.6. The second kappa shape index (κ2) is 7.60. The van der Waals surface area contributed by atoms with Gasteiger partial charge in [-0.3, -0.25) is 0 Å². The first-order chi connectivity index (χ1) is 6.90. The minimum atomic E-state index is -1.49. The summed E-state index contributed by atoms with van der Waals surface area (Å²) in [7, 11) is -2.39. The Labute approximate surface area is 98.2 Å². The van der Waals surface area contributed by atoms with Crippen LogP contribution in [0.4, 0.5) is 0 Å². The fourth-order valence-electron chi connectivity index (χ4n) is 1.43. The third-order valence-electron chi connectivity index (χ3n) is 2.74. The molecule has 0 bridgehead atoms. The summed E-state index contributed by atoms with van der Waals surface area (Å²) in [6.07, 6.45) is 2.39. The van der Waals surface area contributed by atoms with Crippen LogP contribution in [-0.2, 0) is 8.85 Å². The standard InChI is InChI=1S/C11H28O2Si2/c1-7-8-9-12-10-11(2)15(5,6)13-14(3)4/h11,14H,7-10H2,1-6H3/t11-/m0/s1. The highest BCUT2D eigenvalue weighted by Gasteiger charge is 2.30. The molecule has 0 aromatic rings. The van der Waals surface area contributed by atoms with Crippen molar-refractivity contribution in [2.24, 2.45) is 0 Å². The lowest BCUT2D eigenvalue weighted by Crippen LogP contribution is -2.41. The fourth-order valence-corrected chi connectivity index (χ4v) is 7.74. The summed E-state index contributed by atoms with van der Waals surface area (Å²) >= 11 is 0. The van der Waals surface area contributed by atoms with Crippen LogP contribution in [0, 0.1) is 0 Å². The highest BCUT2D eigenvalue weighted by molar-refractivity contribution is 6.78. The average Bonchev–Trinajstić information content (AvgIpc) is 2.10. The highest BCUT2D eigenvalue weighted by Crippen LogP contribution is 2.23. The summed E-state index contributed by atoms with van der Waals surface area (Å²) in [4.78, 5) is 0. The van der Waals surface area contributed by atoms with Crippen molar-refractivity contribution >= 4 is 17.4 Å². The monoisotopic (exact) mass is 248 g/mol. The number of rotatable bonds is 8. The number of hydrogen-bond acceptors (Lipinski definition) is 2. The van der Waals surface area contributed by atoms with Gasteiger partial charge in [0.15, 0.2) is 17.4 Å². The van der Waals surface area contributed by atoms with Gasteiger partial charge in [0.25, 0.3) is 0 Å². The minimum absolute atomic E-state index is 0.601. The van der Waals surface area contributed by atoms with Crippen molar-refractivity contribution in [1.29, 1.82) is 0 Å². The molecule has 0 N–H and O–H groups in total. The second-order valence-corrected chi connectivity index (χ2v) is 12.3. The first-order valence-electron chi connectivity index (χ1n) is 6.15. The zero-order chi connectivity index (χ0) is 11.9. The zero-order valence-electron chi connectivity index (χ0n) is 11.3. The van der Waals surface area contributed by atoms with Crippen LogP contribution in [0.3, 0.4) is 0 Å². The Morgan fingerprint density at radius 3 is 2.33 bits per heavy atom. The molecule has 0 aromatic carbocycles. The summed E-state index contributed by atoms with van der Waals surface area (Å²) in [6, 6.07) is 0. The molecule has 0 spiro atoms. The lowest BCUT2D eigenvalue weighted by Gasteiger charge is -2.31. The molecular weight excluding hydrogens is 220 g/mol. The van der Waals surface area contributed by atoms with Gasteiger partial charge in [-0.25, -0.2) is 0 Å². The average molecular weight is 249 g/mol. The van der Waals surface area contributed by atoms with Crippen molar-refractivity contribution in [2.45, 2.75) is 58.4 Å². The van der Waals surface area contributed by atoms with Gasteiger partial charge in [-0.2, -0.15) is 0 Å². The van der Waals surface area contributed by atoms with Crippen LogP contribution >= 0.6 is 0 Å². The SMILES string of the molecule is CCCCOC[C@H](C)[Si](C)(C)O[SiH](C)C. The van der Waals surface area contributed by atoms with E-state index < -0.39 is 17.4 Å². The van der Waals surface area contributed by atoms with Crippen molar-refractivity contribution < 1.29 is 8.85 Å². The molecule has 0 amide bonds. The molecule has 0 radical (unpaired) electrons. The van der Waals surface area contributed by atoms with Gasteiger partial charge >= 0.3 is 0 Å². The van der Waals surface area contributed by atoms with E-state index in [-0.39, 0.29) is 0 Å². The number of ether oxygens (including phenoxy) is 1. The van der Waals surface area contributed by atoms with Crippen LogP contribution in [0.5, 0.6) is 0 Å². The van der Waals surface area contributed by atoms with Crippen molar-refractivity contribution in [2.75, 3.05) is 13.2 Å². The van der Waals surface area contributed by atoms with Crippen molar-refractivity contribution in [3.63, 3.8) is 0 Å². The molecule has 0 heterocycles. The van der Waals surface area contributed by atoms with Crippen LogP contribution in [0.2, 0.25) is 31.7 Å². The molecule has 0 rings (SSSR count). The van der Waals surface area contributed by atoms with E-state index in [4.69, 9.17) is 8.85 Å². The summed E-state index contributed by atoms with van der Waals surface area (Å²) in [5, 5.41) is 0. The molecule has 0 saturated heterocycles. The lowest BCUT2D eigenvalue weighted by molar-refractivity contribution is 0.128. The Kier molecular flexibility index (Phi) is 7.78. The summed E-state index contributed by atoms with van der Waals surface area (Å²) in [5.41, 5.74) is 0.601. The maximum atomic E-state index is 6.15. The molecule has 0 aliphatic rings. The Bertz CT molecular complexity index is 161. The quantitative estimate of drug-likeness (QED) is 0.484. The first kappa shape index (κ1) is 15.4. The van der Waals surface area contributed by atoms with Gasteiger partial charge in [0.05, 0.1) is 0 Å². The van der Waals surface area contributed by atoms with E-state index in [2.05, 4.69) is 40.0 Å². The third-order valence-corrected chi connectivity index (χ3v) is 9.59. The minimum Gasteiger partial charge on any atom is -0.458 e. The Morgan fingerprint density at radius 1 is 1.27 bits per heavy atom. The molecule has 0 unspecified atom stereocenters. The predicted molar refractivity (Wildman–Crippen MR) is 72.6 cm³/mol. The van der Waals surface area contributed by atoms with Crippen LogP contribution in [0.1, 0.15) is 26.7 Å². The molecule has 0 saturated carbocycles. The second-order valence-electron chi connectivity index (χ2n) is 5.10. The van der Waals surface area contributed by atoms with Crippen molar-refractivity contribution in [3.8, 4) is 0 Å². The third kappa shape index (κ3) is 7.27. The van der Waals surface area contributed by atoms with Crippen LogP contribution in [0.15, 0.2) is 0 Å². The molecule has 92 valence electrons. The van der Waals surface area contributed by atoms with E-state index in [1.54, 1.807) is 0 Å². The Hall–Kier alpha value is 0.354. The predicted octanol–water partition coefficient (Wildman–Crippen LogP) is 3.40. The molecule has 0 aromatic heterocycles. The molecule has 0 aliphatic carbocycles. The molecule has 2 nitrogen and oxygen atoms in total. The zero-order valence-corrected chi connectivity index (χ0v) is 13.5. The molecule has 0 aliphatic heterocycles. The fraction of sp³-hybridized carbons (Fsp3) is 1.00. The van der Waals surface area contributed by atoms with Gasteiger partial charge < -0.3 is 8.85 Å². The topological polar surface area (TPSA) is 18.5 Å². The summed E-state index contributed by atoms with van der Waals surface area (Å²) in [6.45, 7) is 15.4. The molecule has 15 heavy (non-hydrogen) atoms. The van der Waals surface area contributed by atoms with Gasteiger partial charge in [0.1, 0.15) is 0 Å². The highest BCUT2D eigenvalue weighted by atomic mass is 28.4. The maximum absolute atomic E-state index is 6.15. The van der Waals surface area contributed by atoms with E-state index in [0.29, 0.717) is 5.54 Å². The van der Waals surface area contributed by atoms with Crippen LogP contribution < -0.4 is 0 Å². The van der Waals surface area contributed by atoms with E-state index in [1.165, 1.54) is 12.8 Å². The number of unbranched alkanes of at least 4 members (excludes halogenated alkanes) is 1. The Morgan fingerprint density at radius 2 is 1.87 bits per heavy atom. The molecule has 0 fully saturated rings. The maximum Gasteiger partial charge on any atom is 0.178 e. The van der Waals surface area contributed by atoms with E-state index in [0.717, 1.165) is 13.2 Å². The van der Waals surface area contributed by atoms with Crippen LogP contribution in [0.25, 0.3) is 0 Å². The van der Waals surface area contributed by atoms with E-state index >= 15 is 0 Å². The molecular formula is C11H28O2Si2. The van der Waals surface area contributed by atoms with Crippen molar-refractivity contribution in [1.82, 2.24) is 0 Å². The van der Waals surface area contributed by atoms with Crippen LogP contribution in [-0.4, -0.2) is 30.6 Å². The van der Waals surface area contributed by atoms with Gasteiger partial charge in [-0.15, -0.1) is 0 Å². The van der Waals surface area contributed by atoms with E-state index in [9.17, 15) is 0 Å². The van der Waals surface area contributed by atoms with Gasteiger partial charge in [-0.05, 0) is 38.2 Å². The Balaban J connectivity index is 3.80. The van der Waals surface area contributed by atoms with Gasteiger partial charge in [0, 0.05) is 13.2 Å². The van der Waals surface area contributed by atoms with Crippen molar-refractivity contribution in [3.05, 3.63) is 0 Å². The van der Waals surface area contributed by atoms with E-state index in [1.807, 2.05) is 0 Å². The lowest BCUT2D eigenvalue weighted by atomic mass is 10.4. The molecule has 1 atom stereocenters. The summed E-state index contributed by atoms with van der Waals surface area (Å²) in [5.74, 6) is 0. The molecule has 4 heteroatoms. The number of hydrogen-bond donors (Lipinski definition) is 0. The smallest absolute Gasteiger partial charge is 0.178 e.